The average Bonchev–Trinajstić information content (AvgIpc) is 2.15. The van der Waals surface area contributed by atoms with Crippen LogP contribution >= 0.6 is 20.7 Å². The van der Waals surface area contributed by atoms with E-state index in [1.54, 1.807) is 14.1 Å². The third kappa shape index (κ3) is 1.11. The molecule has 0 aliphatic rings. The van der Waals surface area contributed by atoms with E-state index in [-0.39, 0.29) is 4.87 Å². The fourth-order valence-electron chi connectivity index (χ4n) is 0.450. The molecule has 0 aliphatic heterocycles. The summed E-state index contributed by atoms with van der Waals surface area (Å²) in [5, 5.41) is 0. The van der Waals surface area contributed by atoms with E-state index in [1.165, 1.54) is 25.2 Å². The molecule has 1 rings (SSSR count). The molecule has 0 unspecified atom stereocenters. The molecule has 0 radical (unpaired) electrons. The second-order valence-corrected chi connectivity index (χ2v) is 3.55. The molecule has 1 aromatic rings. The van der Waals surface area contributed by atoms with Crippen molar-refractivity contribution in [3.63, 3.8) is 0 Å². The van der Waals surface area contributed by atoms with Crippen molar-refractivity contribution in [3.05, 3.63) is 14.5 Å². The minimum absolute atomic E-state index is 0.0561. The molecule has 0 fully saturated rings. The van der Waals surface area contributed by atoms with Gasteiger partial charge in [0.15, 0.2) is 4.80 Å². The molecule has 0 aliphatic carbocycles. The third-order valence-electron chi connectivity index (χ3n) is 0.940. The molecule has 5 heteroatoms. The van der Waals surface area contributed by atoms with Gasteiger partial charge in [0.25, 0.3) is 0 Å². The zero-order valence-corrected chi connectivity index (χ0v) is 6.75. The lowest BCUT2D eigenvalue weighted by Gasteiger charge is -1.80. The lowest BCUT2D eigenvalue weighted by Crippen LogP contribution is -2.20. The van der Waals surface area contributed by atoms with Gasteiger partial charge in [0.1, 0.15) is 0 Å². The molecule has 3 nitrogen and oxygen atoms in total. The van der Waals surface area contributed by atoms with Gasteiger partial charge >= 0.3 is 4.87 Å². The lowest BCUT2D eigenvalue weighted by molar-refractivity contribution is 0.842. The van der Waals surface area contributed by atoms with Gasteiger partial charge in [0.05, 0.1) is 0 Å². The Bertz CT molecular complexity index is 305. The quantitative estimate of drug-likeness (QED) is 0.496. The Hall–Kier alpha value is -0.420. The van der Waals surface area contributed by atoms with Gasteiger partial charge in [0.2, 0.25) is 0 Å². The third-order valence-corrected chi connectivity index (χ3v) is 3.17. The van der Waals surface area contributed by atoms with Crippen LogP contribution in [0.2, 0.25) is 0 Å². The first-order valence-corrected chi connectivity index (χ1v) is 4.49. The van der Waals surface area contributed by atoms with Crippen LogP contribution in [0.5, 0.6) is 0 Å². The Labute approximate surface area is 59.3 Å². The van der Waals surface area contributed by atoms with E-state index in [0.29, 0.717) is 0 Å². The highest BCUT2D eigenvalue weighted by Gasteiger charge is 1.92. The molecule has 0 spiro atoms. The van der Waals surface area contributed by atoms with E-state index in [2.05, 4.69) is 4.99 Å². The minimum Gasteiger partial charge on any atom is -0.278 e. The summed E-state index contributed by atoms with van der Waals surface area (Å²) < 4.78 is 1.54. The zero-order valence-electron chi connectivity index (χ0n) is 5.12. The van der Waals surface area contributed by atoms with Gasteiger partial charge in [-0.2, -0.15) is 0 Å². The monoisotopic (exact) mass is 162 g/mol. The molecule has 9 heavy (non-hydrogen) atoms. The summed E-state index contributed by atoms with van der Waals surface area (Å²) in [5.41, 5.74) is 0. The predicted octanol–water partition coefficient (Wildman–Crippen LogP) is 0.0388. The summed E-state index contributed by atoms with van der Waals surface area (Å²) in [6.45, 7) is 0. The van der Waals surface area contributed by atoms with Gasteiger partial charge < -0.3 is 0 Å². The van der Waals surface area contributed by atoms with Crippen molar-refractivity contribution in [2.75, 3.05) is 7.05 Å². The van der Waals surface area contributed by atoms with Crippen molar-refractivity contribution < 1.29 is 0 Å². The van der Waals surface area contributed by atoms with Crippen LogP contribution in [0.25, 0.3) is 0 Å². The molecule has 0 aromatic carbocycles. The molecule has 0 saturated carbocycles. The van der Waals surface area contributed by atoms with Gasteiger partial charge in [-0.15, -0.1) is 0 Å². The van der Waals surface area contributed by atoms with Crippen LogP contribution in [0.1, 0.15) is 0 Å². The van der Waals surface area contributed by atoms with Crippen molar-refractivity contribution in [3.8, 4) is 0 Å². The van der Waals surface area contributed by atoms with Crippen molar-refractivity contribution in [1.82, 2.24) is 4.57 Å². The standard InChI is InChI=1S/C4H6N2OS2/c1-5-3-6(2)4(7)9-8-3/h1-2H3. The van der Waals surface area contributed by atoms with Gasteiger partial charge in [0, 0.05) is 14.1 Å². The fourth-order valence-corrected chi connectivity index (χ4v) is 2.45. The number of rotatable bonds is 0. The summed E-state index contributed by atoms with van der Waals surface area (Å²) >= 11 is 0. The zero-order chi connectivity index (χ0) is 6.85. The molecular weight excluding hydrogens is 156 g/mol. The average molecular weight is 162 g/mol. The van der Waals surface area contributed by atoms with Gasteiger partial charge in [-0.1, -0.05) is 0 Å². The highest BCUT2D eigenvalue weighted by molar-refractivity contribution is 7.67. The molecule has 0 amide bonds. The molecule has 0 atom stereocenters. The predicted molar refractivity (Wildman–Crippen MR) is 38.9 cm³/mol. The van der Waals surface area contributed by atoms with E-state index in [1.807, 2.05) is 0 Å². The summed E-state index contributed by atoms with van der Waals surface area (Å²) in [6, 6.07) is 0. The first-order chi connectivity index (χ1) is 4.25. The SMILES string of the molecule is CN=c1ssc(=O)n1C. The van der Waals surface area contributed by atoms with E-state index < -0.39 is 0 Å². The topological polar surface area (TPSA) is 34.4 Å². The molecule has 50 valence electrons. The number of aromatic nitrogens is 1. The second kappa shape index (κ2) is 2.45. The molecule has 1 aromatic heterocycles. The molecule has 0 saturated heterocycles. The minimum atomic E-state index is 0.0561. The van der Waals surface area contributed by atoms with Crippen LogP contribution in [0, 0.1) is 0 Å². The molecule has 1 heterocycles. The number of nitrogens with zero attached hydrogens (tertiary/aromatic N) is 2. The van der Waals surface area contributed by atoms with E-state index in [0.717, 1.165) is 4.80 Å². The second-order valence-electron chi connectivity index (χ2n) is 1.50. The number of hydrogen-bond acceptors (Lipinski definition) is 4. The maximum absolute atomic E-state index is 10.7. The van der Waals surface area contributed by atoms with Crippen LogP contribution in [-0.4, -0.2) is 11.6 Å². The normalized spacial score (nSPS) is 12.4. The van der Waals surface area contributed by atoms with Crippen LogP contribution in [0.15, 0.2) is 9.79 Å². The summed E-state index contributed by atoms with van der Waals surface area (Å²) in [6.07, 6.45) is 0. The molecule has 0 N–H and O–H groups in total. The van der Waals surface area contributed by atoms with Crippen LogP contribution in [0.3, 0.4) is 0 Å². The van der Waals surface area contributed by atoms with Crippen molar-refractivity contribution >= 4 is 20.7 Å². The van der Waals surface area contributed by atoms with Crippen molar-refractivity contribution in [2.24, 2.45) is 12.0 Å². The van der Waals surface area contributed by atoms with E-state index in [4.69, 9.17) is 0 Å². The Kier molecular flexibility index (Phi) is 1.82. The van der Waals surface area contributed by atoms with Crippen molar-refractivity contribution in [2.45, 2.75) is 0 Å². The van der Waals surface area contributed by atoms with Crippen molar-refractivity contribution in [1.29, 1.82) is 0 Å². The van der Waals surface area contributed by atoms with Crippen LogP contribution in [-0.2, 0) is 7.05 Å². The summed E-state index contributed by atoms with van der Waals surface area (Å²) in [7, 11) is 6.01. The van der Waals surface area contributed by atoms with Gasteiger partial charge in [-0.25, -0.2) is 0 Å². The Balaban J connectivity index is 3.56. The Morgan fingerprint density at radius 1 is 1.56 bits per heavy atom. The summed E-state index contributed by atoms with van der Waals surface area (Å²) in [4.78, 5) is 15.5. The Morgan fingerprint density at radius 2 is 2.22 bits per heavy atom. The van der Waals surface area contributed by atoms with E-state index in [9.17, 15) is 4.79 Å². The molecular formula is C4H6N2OS2. The van der Waals surface area contributed by atoms with Gasteiger partial charge in [-0.05, 0) is 20.7 Å². The smallest absolute Gasteiger partial charge is 0.278 e. The van der Waals surface area contributed by atoms with Gasteiger partial charge in [-0.3, -0.25) is 14.4 Å². The maximum atomic E-state index is 10.7. The first-order valence-electron chi connectivity index (χ1n) is 2.34. The lowest BCUT2D eigenvalue weighted by atomic mass is 11.1. The fraction of sp³-hybridized carbons (Fsp3) is 0.500. The largest absolute Gasteiger partial charge is 0.319 e. The van der Waals surface area contributed by atoms with Crippen LogP contribution in [0.4, 0.5) is 0 Å². The summed E-state index contributed by atoms with van der Waals surface area (Å²) in [5.74, 6) is 0. The van der Waals surface area contributed by atoms with E-state index >= 15 is 0 Å². The highest BCUT2D eigenvalue weighted by Crippen LogP contribution is 1.87. The maximum Gasteiger partial charge on any atom is 0.319 e. The molecule has 0 bridgehead atoms. The highest BCUT2D eigenvalue weighted by atomic mass is 32.9. The first kappa shape index (κ1) is 6.70. The van der Waals surface area contributed by atoms with Crippen LogP contribution < -0.4 is 9.67 Å². The Morgan fingerprint density at radius 3 is 2.44 bits per heavy atom. The number of hydrogen-bond donors (Lipinski definition) is 0.